The normalized spacial score (nSPS) is 31.8. The summed E-state index contributed by atoms with van der Waals surface area (Å²) in [6.45, 7) is 2.43. The minimum atomic E-state index is -1.82. The molecule has 0 aromatic heterocycles. The van der Waals surface area contributed by atoms with Crippen molar-refractivity contribution in [3.8, 4) is 0 Å². The molecule has 0 radical (unpaired) electrons. The maximum atomic E-state index is 12.7. The summed E-state index contributed by atoms with van der Waals surface area (Å²) in [4.78, 5) is 10.2. The number of carbonyl (C=O) groups is 1. The van der Waals surface area contributed by atoms with Crippen molar-refractivity contribution in [2.75, 3.05) is 6.61 Å². The lowest BCUT2D eigenvalue weighted by Gasteiger charge is -2.13. The van der Waals surface area contributed by atoms with E-state index in [2.05, 4.69) is 0 Å². The second-order valence-corrected chi connectivity index (χ2v) is 3.98. The van der Waals surface area contributed by atoms with Gasteiger partial charge in [0.25, 0.3) is 0 Å². The lowest BCUT2D eigenvalue weighted by molar-refractivity contribution is -0.139. The number of hydrogen-bond acceptors (Lipinski definition) is 3. The van der Waals surface area contributed by atoms with Gasteiger partial charge in [0.15, 0.2) is 0 Å². The molecule has 0 bridgehead atoms. The van der Waals surface area contributed by atoms with Crippen molar-refractivity contribution < 1.29 is 19.0 Å². The first-order chi connectivity index (χ1) is 5.61. The van der Waals surface area contributed by atoms with Crippen molar-refractivity contribution in [1.29, 1.82) is 0 Å². The molecule has 1 fully saturated rings. The van der Waals surface area contributed by atoms with Gasteiger partial charge in [-0.15, -0.1) is 11.8 Å². The fraction of sp³-hybridized carbons (Fsp3) is 0.857. The Morgan fingerprint density at radius 3 is 2.92 bits per heavy atom. The molecular formula is C7H11FO3S. The van der Waals surface area contributed by atoms with E-state index in [1.54, 1.807) is 0 Å². The Balaban J connectivity index is 2.35. The molecule has 0 aromatic rings. The topological polar surface area (TPSA) is 46.5 Å². The fourth-order valence-corrected chi connectivity index (χ4v) is 2.06. The summed E-state index contributed by atoms with van der Waals surface area (Å²) in [5.74, 6) is -1.40. The smallest absolute Gasteiger partial charge is 0.348 e. The predicted octanol–water partition coefficient (Wildman–Crippen LogP) is 1.28. The molecule has 1 rings (SSSR count). The predicted molar refractivity (Wildman–Crippen MR) is 43.9 cm³/mol. The number of carboxylic acids is 1. The van der Waals surface area contributed by atoms with Crippen LogP contribution in [0.25, 0.3) is 0 Å². The molecule has 0 spiro atoms. The van der Waals surface area contributed by atoms with Crippen LogP contribution in [-0.2, 0) is 9.53 Å². The average Bonchev–Trinajstić information content (AvgIpc) is 2.36. The van der Waals surface area contributed by atoms with E-state index >= 15 is 0 Å². The first kappa shape index (κ1) is 9.80. The highest BCUT2D eigenvalue weighted by Crippen LogP contribution is 2.30. The van der Waals surface area contributed by atoms with Gasteiger partial charge in [-0.25, -0.2) is 9.18 Å². The van der Waals surface area contributed by atoms with Crippen molar-refractivity contribution in [2.24, 2.45) is 0 Å². The first-order valence-electron chi connectivity index (χ1n) is 3.75. The molecule has 3 unspecified atom stereocenters. The monoisotopic (exact) mass is 194 g/mol. The van der Waals surface area contributed by atoms with E-state index < -0.39 is 11.5 Å². The number of carboxylic acid groups (broad SMARTS) is 1. The summed E-state index contributed by atoms with van der Waals surface area (Å²) in [7, 11) is 0. The first-order valence-corrected chi connectivity index (χ1v) is 4.69. The summed E-state index contributed by atoms with van der Waals surface area (Å²) >= 11 is 0.832. The number of ether oxygens (including phenoxy) is 1. The van der Waals surface area contributed by atoms with Crippen molar-refractivity contribution in [1.82, 2.24) is 0 Å². The molecule has 5 heteroatoms. The lowest BCUT2D eigenvalue weighted by atomic mass is 10.3. The Labute approximate surface area is 74.3 Å². The molecule has 0 aromatic carbocycles. The third-order valence-corrected chi connectivity index (χ3v) is 3.20. The Kier molecular flexibility index (Phi) is 3.34. The summed E-state index contributed by atoms with van der Waals surface area (Å²) in [5, 5.41) is 8.27. The second-order valence-electron chi connectivity index (χ2n) is 2.69. The number of aliphatic carboxylic acids is 1. The van der Waals surface area contributed by atoms with Crippen LogP contribution < -0.4 is 0 Å². The van der Waals surface area contributed by atoms with E-state index in [4.69, 9.17) is 9.84 Å². The largest absolute Gasteiger partial charge is 0.478 e. The summed E-state index contributed by atoms with van der Waals surface area (Å²) in [6.07, 6.45) is 0.701. The van der Waals surface area contributed by atoms with Crippen LogP contribution in [0.4, 0.5) is 4.39 Å². The van der Waals surface area contributed by atoms with Crippen LogP contribution in [-0.4, -0.2) is 34.5 Å². The van der Waals surface area contributed by atoms with Crippen LogP contribution in [0, 0.1) is 0 Å². The average molecular weight is 194 g/mol. The van der Waals surface area contributed by atoms with Gasteiger partial charge in [-0.05, 0) is 13.3 Å². The van der Waals surface area contributed by atoms with Gasteiger partial charge in [-0.2, -0.15) is 0 Å². The highest BCUT2D eigenvalue weighted by Gasteiger charge is 2.30. The minimum Gasteiger partial charge on any atom is -0.478 e. The Bertz CT molecular complexity index is 176. The standard InChI is InChI=1S/C7H11FO3S/c1-4-5(2-3-11-4)12-6(8)7(9)10/h4-6H,2-3H2,1H3,(H,9,10). The van der Waals surface area contributed by atoms with Gasteiger partial charge in [0, 0.05) is 11.9 Å². The number of hydrogen-bond donors (Lipinski definition) is 1. The molecule has 70 valence electrons. The molecule has 1 aliphatic rings. The molecule has 1 heterocycles. The molecule has 1 N–H and O–H groups in total. The fourth-order valence-electron chi connectivity index (χ4n) is 1.10. The molecule has 0 aliphatic carbocycles. The third-order valence-electron chi connectivity index (χ3n) is 1.80. The molecule has 1 aliphatic heterocycles. The second kappa shape index (κ2) is 4.09. The molecule has 0 saturated carbocycles. The Hall–Kier alpha value is -0.290. The van der Waals surface area contributed by atoms with Gasteiger partial charge < -0.3 is 9.84 Å². The zero-order chi connectivity index (χ0) is 9.14. The SMILES string of the molecule is CC1OCCC1SC(F)C(=O)O. The molecule has 12 heavy (non-hydrogen) atoms. The van der Waals surface area contributed by atoms with Crippen molar-refractivity contribution in [2.45, 2.75) is 30.2 Å². The van der Waals surface area contributed by atoms with Gasteiger partial charge in [0.2, 0.25) is 5.50 Å². The van der Waals surface area contributed by atoms with Crippen LogP contribution in [0.5, 0.6) is 0 Å². The summed E-state index contributed by atoms with van der Waals surface area (Å²) in [5.41, 5.74) is -1.82. The summed E-state index contributed by atoms with van der Waals surface area (Å²) in [6, 6.07) is 0. The molecular weight excluding hydrogens is 183 g/mol. The van der Waals surface area contributed by atoms with Gasteiger partial charge in [-0.3, -0.25) is 0 Å². The van der Waals surface area contributed by atoms with Crippen LogP contribution in [0.3, 0.4) is 0 Å². The molecule has 3 atom stereocenters. The summed E-state index contributed by atoms with van der Waals surface area (Å²) < 4.78 is 17.8. The van der Waals surface area contributed by atoms with E-state index in [-0.39, 0.29) is 11.4 Å². The number of alkyl halides is 1. The quantitative estimate of drug-likeness (QED) is 0.735. The maximum absolute atomic E-state index is 12.7. The number of rotatable bonds is 3. The van der Waals surface area contributed by atoms with Crippen LogP contribution in [0.15, 0.2) is 0 Å². The van der Waals surface area contributed by atoms with Crippen molar-refractivity contribution in [3.05, 3.63) is 0 Å². The maximum Gasteiger partial charge on any atom is 0.348 e. The zero-order valence-electron chi connectivity index (χ0n) is 6.70. The number of thioether (sulfide) groups is 1. The Morgan fingerprint density at radius 2 is 2.50 bits per heavy atom. The van der Waals surface area contributed by atoms with Crippen LogP contribution in [0.2, 0.25) is 0 Å². The van der Waals surface area contributed by atoms with Crippen molar-refractivity contribution in [3.63, 3.8) is 0 Å². The van der Waals surface area contributed by atoms with Crippen LogP contribution in [0.1, 0.15) is 13.3 Å². The Morgan fingerprint density at radius 1 is 1.83 bits per heavy atom. The highest BCUT2D eigenvalue weighted by molar-refractivity contribution is 8.01. The van der Waals surface area contributed by atoms with E-state index in [1.165, 1.54) is 0 Å². The van der Waals surface area contributed by atoms with Crippen LogP contribution >= 0.6 is 11.8 Å². The molecule has 0 amide bonds. The number of halogens is 1. The van der Waals surface area contributed by atoms with Gasteiger partial charge >= 0.3 is 5.97 Å². The van der Waals surface area contributed by atoms with Crippen molar-refractivity contribution >= 4 is 17.7 Å². The highest BCUT2D eigenvalue weighted by atomic mass is 32.2. The van der Waals surface area contributed by atoms with E-state index in [0.717, 1.165) is 18.2 Å². The minimum absolute atomic E-state index is 0.0175. The van der Waals surface area contributed by atoms with E-state index in [0.29, 0.717) is 6.61 Å². The third kappa shape index (κ3) is 2.35. The molecule has 3 nitrogen and oxygen atoms in total. The van der Waals surface area contributed by atoms with E-state index in [1.807, 2.05) is 6.92 Å². The van der Waals surface area contributed by atoms with Gasteiger partial charge in [-0.1, -0.05) is 0 Å². The van der Waals surface area contributed by atoms with Gasteiger partial charge in [0.05, 0.1) is 6.10 Å². The van der Waals surface area contributed by atoms with Gasteiger partial charge in [0.1, 0.15) is 0 Å². The van der Waals surface area contributed by atoms with E-state index in [9.17, 15) is 9.18 Å². The zero-order valence-corrected chi connectivity index (χ0v) is 7.51. The lowest BCUT2D eigenvalue weighted by Crippen LogP contribution is -2.20. The molecule has 1 saturated heterocycles.